The van der Waals surface area contributed by atoms with Gasteiger partial charge in [-0.05, 0) is 100 Å². The normalized spacial score (nSPS) is 10.3. The molecule has 0 atom stereocenters. The summed E-state index contributed by atoms with van der Waals surface area (Å²) in [6.07, 6.45) is 0. The average Bonchev–Trinajstić information content (AvgIpc) is 3.34. The van der Waals surface area contributed by atoms with Gasteiger partial charge in [-0.1, -0.05) is 72.8 Å². The van der Waals surface area contributed by atoms with Crippen LogP contribution in [0.2, 0.25) is 0 Å². The molecule has 0 amide bonds. The van der Waals surface area contributed by atoms with Gasteiger partial charge in [-0.15, -0.1) is 0 Å². The van der Waals surface area contributed by atoms with E-state index < -0.39 is 0 Å². The van der Waals surface area contributed by atoms with Gasteiger partial charge in [0, 0.05) is 36.4 Å². The van der Waals surface area contributed by atoms with Gasteiger partial charge in [0.1, 0.15) is 34.5 Å². The number of hydrogen-bond donors (Lipinski definition) is 6. The molecule has 12 aromatic rings. The number of benzene rings is 8. The highest BCUT2D eigenvalue weighted by Gasteiger charge is 2.02. The summed E-state index contributed by atoms with van der Waals surface area (Å²) in [6, 6.07) is 54.3. The Morgan fingerprint density at radius 1 is 0.200 bits per heavy atom. The van der Waals surface area contributed by atoms with E-state index in [1.807, 2.05) is 173 Å². The lowest BCUT2D eigenvalue weighted by molar-refractivity contribution is 0.426. The van der Waals surface area contributed by atoms with E-state index in [0.29, 0.717) is 0 Å². The minimum Gasteiger partial charge on any atom is -0.508 e. The summed E-state index contributed by atoms with van der Waals surface area (Å²) in [5.41, 5.74) is 15.5. The van der Waals surface area contributed by atoms with E-state index in [2.05, 4.69) is 39.9 Å². The minimum absolute atomic E-state index is 0.146. The molecule has 14 nitrogen and oxygen atoms in total. The Bertz CT molecular complexity index is 2950. The molecule has 0 aliphatic carbocycles. The molecular weight excluding hydrogens is 881 g/mol. The molecule has 12 rings (SSSR count). The number of fused-ring (bicyclic) bond motifs is 6. The summed E-state index contributed by atoms with van der Waals surface area (Å²) in [5, 5.41) is 52.0. The first-order chi connectivity index (χ1) is 33.8. The Morgan fingerprint density at radius 3 is 0.429 bits per heavy atom. The van der Waals surface area contributed by atoms with Crippen LogP contribution in [-0.2, 0) is 0 Å². The molecule has 4 aromatic heterocycles. The number of hydrogen-bond acceptors (Lipinski definition) is 14. The van der Waals surface area contributed by atoms with Crippen LogP contribution in [0.1, 0.15) is 22.8 Å². The lowest BCUT2D eigenvalue weighted by Crippen LogP contribution is -1.97. The molecule has 14 heteroatoms. The molecule has 70 heavy (non-hydrogen) atoms. The van der Waals surface area contributed by atoms with Gasteiger partial charge in [0.2, 0.25) is 0 Å². The largest absolute Gasteiger partial charge is 0.508 e. The van der Waals surface area contributed by atoms with Crippen LogP contribution in [0.4, 0.5) is 0 Å². The molecule has 0 unspecified atom stereocenters. The lowest BCUT2D eigenvalue weighted by Gasteiger charge is -2.01. The van der Waals surface area contributed by atoms with Crippen LogP contribution in [0.5, 0.6) is 34.5 Å². The molecule has 0 fully saturated rings. The molecule has 348 valence electrons. The number of phenolic OH excluding ortho intramolecular Hbond substituents is 6. The third-order valence-corrected chi connectivity index (χ3v) is 10.2. The van der Waals surface area contributed by atoms with E-state index in [9.17, 15) is 0 Å². The lowest BCUT2D eigenvalue weighted by atomic mass is 10.2. The predicted octanol–water partition coefficient (Wildman–Crippen LogP) is 11.7. The Balaban J connectivity index is 0.000000125. The molecule has 0 radical (unpaired) electrons. The van der Waals surface area contributed by atoms with Crippen LogP contribution in [0.25, 0.3) is 66.2 Å². The smallest absolute Gasteiger partial charge is 0.122 e. The molecule has 6 N–H and O–H groups in total. The number of aromatic hydroxyl groups is 6. The standard InChI is InChI=1S/3C12H8N2.C8H12N2.2C6H6O3/c3*1-2-6-10-9(5-1)13-11-7-3-4-8-12(11)14-10;1-5-6(2)10-8(4)7(3)9-5;2*7-4-1-5(8)3-6(9)2-4/h3*1-8H;1-4H3;2*1-3,7-9H. The van der Waals surface area contributed by atoms with E-state index in [4.69, 9.17) is 30.6 Å². The van der Waals surface area contributed by atoms with Crippen molar-refractivity contribution >= 4 is 66.2 Å². The van der Waals surface area contributed by atoms with Gasteiger partial charge in [-0.25, -0.2) is 29.9 Å². The molecule has 0 saturated carbocycles. The maximum atomic E-state index is 8.67. The Labute approximate surface area is 402 Å². The van der Waals surface area contributed by atoms with Gasteiger partial charge >= 0.3 is 0 Å². The van der Waals surface area contributed by atoms with Gasteiger partial charge < -0.3 is 30.6 Å². The van der Waals surface area contributed by atoms with Crippen molar-refractivity contribution in [1.82, 2.24) is 39.9 Å². The van der Waals surface area contributed by atoms with Gasteiger partial charge in [-0.3, -0.25) is 9.97 Å². The van der Waals surface area contributed by atoms with Gasteiger partial charge in [0.25, 0.3) is 0 Å². The predicted molar refractivity (Wildman–Crippen MR) is 275 cm³/mol. The summed E-state index contributed by atoms with van der Waals surface area (Å²) in [6.45, 7) is 7.92. The van der Waals surface area contributed by atoms with Crippen molar-refractivity contribution in [3.05, 3.63) is 205 Å². The summed E-state index contributed by atoms with van der Waals surface area (Å²) in [7, 11) is 0. The summed E-state index contributed by atoms with van der Waals surface area (Å²) >= 11 is 0. The van der Waals surface area contributed by atoms with Crippen LogP contribution in [0.15, 0.2) is 182 Å². The fraction of sp³-hybridized carbons (Fsp3) is 0.0714. The fourth-order valence-corrected chi connectivity index (χ4v) is 6.68. The highest BCUT2D eigenvalue weighted by molar-refractivity contribution is 5.87. The number of rotatable bonds is 0. The molecule has 8 aromatic carbocycles. The van der Waals surface area contributed by atoms with Gasteiger partial charge in [0.15, 0.2) is 0 Å². The van der Waals surface area contributed by atoms with Crippen LogP contribution in [-0.4, -0.2) is 70.5 Å². The topological polar surface area (TPSA) is 224 Å². The third kappa shape index (κ3) is 13.3. The van der Waals surface area contributed by atoms with Crippen molar-refractivity contribution in [2.75, 3.05) is 0 Å². The van der Waals surface area contributed by atoms with Crippen molar-refractivity contribution in [3.63, 3.8) is 0 Å². The zero-order valence-electron chi connectivity index (χ0n) is 38.6. The molecule has 4 heterocycles. The summed E-state index contributed by atoms with van der Waals surface area (Å²) in [5.74, 6) is -0.875. The highest BCUT2D eigenvalue weighted by Crippen LogP contribution is 2.25. The second kappa shape index (κ2) is 22.8. The third-order valence-electron chi connectivity index (χ3n) is 10.2. The van der Waals surface area contributed by atoms with Crippen molar-refractivity contribution < 1.29 is 30.6 Å². The van der Waals surface area contributed by atoms with Crippen molar-refractivity contribution in [2.45, 2.75) is 27.7 Å². The number of aryl methyl sites for hydroxylation is 4. The maximum absolute atomic E-state index is 8.67. The molecule has 0 spiro atoms. The van der Waals surface area contributed by atoms with E-state index in [1.165, 1.54) is 0 Å². The molecule has 0 aliphatic heterocycles. The van der Waals surface area contributed by atoms with E-state index in [1.54, 1.807) is 0 Å². The quantitative estimate of drug-likeness (QED) is 0.0778. The minimum atomic E-state index is -0.146. The van der Waals surface area contributed by atoms with Crippen molar-refractivity contribution in [3.8, 4) is 34.5 Å². The van der Waals surface area contributed by atoms with Gasteiger partial charge in [-0.2, -0.15) is 0 Å². The van der Waals surface area contributed by atoms with Crippen molar-refractivity contribution in [1.29, 1.82) is 0 Å². The molecular formula is C56H48N8O6. The number of phenols is 6. The van der Waals surface area contributed by atoms with Crippen LogP contribution < -0.4 is 0 Å². The first kappa shape index (κ1) is 48.4. The van der Waals surface area contributed by atoms with E-state index in [0.717, 1.165) is 125 Å². The van der Waals surface area contributed by atoms with E-state index >= 15 is 0 Å². The Hall–Kier alpha value is -9.56. The van der Waals surface area contributed by atoms with E-state index in [-0.39, 0.29) is 34.5 Å². The van der Waals surface area contributed by atoms with Crippen LogP contribution in [0.3, 0.4) is 0 Å². The second-order valence-electron chi connectivity index (χ2n) is 15.6. The molecule has 0 bridgehead atoms. The molecule has 0 saturated heterocycles. The maximum Gasteiger partial charge on any atom is 0.122 e. The van der Waals surface area contributed by atoms with Crippen LogP contribution in [0, 0.1) is 27.7 Å². The monoisotopic (exact) mass is 928 g/mol. The Morgan fingerprint density at radius 2 is 0.314 bits per heavy atom. The zero-order chi connectivity index (χ0) is 49.6. The van der Waals surface area contributed by atoms with Crippen LogP contribution >= 0.6 is 0 Å². The Kier molecular flexibility index (Phi) is 15.7. The summed E-state index contributed by atoms with van der Waals surface area (Å²) < 4.78 is 0. The first-order valence-corrected chi connectivity index (χ1v) is 21.8. The first-order valence-electron chi connectivity index (χ1n) is 21.8. The van der Waals surface area contributed by atoms with Crippen molar-refractivity contribution in [2.24, 2.45) is 0 Å². The SMILES string of the molecule is Cc1nc(C)c(C)nc1C.Oc1cc(O)cc(O)c1.Oc1cc(O)cc(O)c1.c1ccc2nc3ccccc3nc2c1.c1ccc2nc3ccccc3nc2c1.c1ccc2nc3ccccc3nc2c1. The summed E-state index contributed by atoms with van der Waals surface area (Å²) in [4.78, 5) is 35.7. The second-order valence-corrected chi connectivity index (χ2v) is 15.6. The molecule has 0 aliphatic rings. The zero-order valence-corrected chi connectivity index (χ0v) is 38.6. The number of nitrogens with zero attached hydrogens (tertiary/aromatic N) is 8. The van der Waals surface area contributed by atoms with Gasteiger partial charge in [0.05, 0.1) is 89.0 Å². The fourth-order valence-electron chi connectivity index (χ4n) is 6.68. The number of para-hydroxylation sites is 12. The number of aromatic nitrogens is 8. The average molecular weight is 929 g/mol. The highest BCUT2D eigenvalue weighted by atomic mass is 16.3.